The van der Waals surface area contributed by atoms with Gasteiger partial charge in [-0.15, -0.1) is 11.5 Å². The summed E-state index contributed by atoms with van der Waals surface area (Å²) >= 11 is 0. The molecule has 124 valence electrons. The van der Waals surface area contributed by atoms with Gasteiger partial charge in [-0.1, -0.05) is 33.9 Å². The van der Waals surface area contributed by atoms with E-state index < -0.39 is 20.1 Å². The highest BCUT2D eigenvalue weighted by molar-refractivity contribution is 6.87. The zero-order valence-corrected chi connectivity index (χ0v) is 15.2. The molecule has 0 saturated carbocycles. The Morgan fingerprint density at radius 1 is 1.41 bits per heavy atom. The lowest BCUT2D eigenvalue weighted by Crippen LogP contribution is -2.43. The summed E-state index contributed by atoms with van der Waals surface area (Å²) in [5.74, 6) is 1.46. The van der Waals surface area contributed by atoms with Gasteiger partial charge in [-0.05, 0) is 11.5 Å². The second-order valence-electron chi connectivity index (χ2n) is 7.34. The van der Waals surface area contributed by atoms with E-state index in [0.717, 1.165) is 0 Å². The number of nitrogens with one attached hydrogen (secondary N) is 1. The van der Waals surface area contributed by atoms with E-state index in [1.807, 2.05) is 0 Å². The Bertz CT molecular complexity index is 479. The Hall–Kier alpha value is -1.32. The smallest absolute Gasteiger partial charge is 0.327 e. The Balaban J connectivity index is 2.66. The molecule has 1 fully saturated rings. The molecule has 5 nitrogen and oxygen atoms in total. The van der Waals surface area contributed by atoms with Crippen molar-refractivity contribution >= 4 is 20.0 Å². The van der Waals surface area contributed by atoms with Gasteiger partial charge in [0.25, 0.3) is 0 Å². The molecule has 1 saturated heterocycles. The van der Waals surface area contributed by atoms with E-state index in [1.54, 1.807) is 0 Å². The number of amides is 1. The van der Waals surface area contributed by atoms with E-state index in [4.69, 9.17) is 4.74 Å². The molecule has 0 aliphatic carbocycles. The molecule has 0 aromatic heterocycles. The first kappa shape index (κ1) is 18.7. The summed E-state index contributed by atoms with van der Waals surface area (Å²) in [6.07, 6.45) is 0.787. The molecule has 22 heavy (non-hydrogen) atoms. The Kier molecular flexibility index (Phi) is 6.21. The highest BCUT2D eigenvalue weighted by Crippen LogP contribution is 2.35. The summed E-state index contributed by atoms with van der Waals surface area (Å²) in [5.41, 5.74) is 3.28. The van der Waals surface area contributed by atoms with Gasteiger partial charge in [0.1, 0.15) is 14.1 Å². The minimum absolute atomic E-state index is 0.128. The molecule has 2 N–H and O–H groups in total. The normalized spacial score (nSPS) is 20.0. The number of aliphatic carboxylic acids is 1. The van der Waals surface area contributed by atoms with Gasteiger partial charge >= 0.3 is 5.97 Å². The number of carboxylic acids is 1. The number of rotatable bonds is 4. The molecule has 0 aromatic rings. The van der Waals surface area contributed by atoms with Gasteiger partial charge in [-0.3, -0.25) is 4.79 Å². The molecule has 6 heteroatoms. The average molecular weight is 325 g/mol. The van der Waals surface area contributed by atoms with E-state index in [1.165, 1.54) is 0 Å². The van der Waals surface area contributed by atoms with Crippen molar-refractivity contribution in [2.45, 2.75) is 57.8 Å². The maximum Gasteiger partial charge on any atom is 0.327 e. The van der Waals surface area contributed by atoms with Gasteiger partial charge < -0.3 is 15.2 Å². The molecule has 0 spiro atoms. The lowest BCUT2D eigenvalue weighted by Gasteiger charge is -2.31. The lowest BCUT2D eigenvalue weighted by molar-refractivity contribution is -0.142. The van der Waals surface area contributed by atoms with Crippen LogP contribution in [0.25, 0.3) is 0 Å². The van der Waals surface area contributed by atoms with Gasteiger partial charge in [0.15, 0.2) is 0 Å². The third-order valence-corrected chi connectivity index (χ3v) is 9.05. The van der Waals surface area contributed by atoms with Crippen molar-refractivity contribution < 1.29 is 19.4 Å². The van der Waals surface area contributed by atoms with Crippen LogP contribution in [0.2, 0.25) is 18.1 Å². The number of carbonyl (C=O) groups excluding carboxylic acids is 1. The largest absolute Gasteiger partial charge is 0.480 e. The maximum atomic E-state index is 12.0. The number of carbonyl (C=O) groups is 2. The fraction of sp³-hybridized carbons (Fsp3) is 0.750. The molecule has 0 aromatic carbocycles. The van der Waals surface area contributed by atoms with Gasteiger partial charge in [0, 0.05) is 13.0 Å². The van der Waals surface area contributed by atoms with E-state index >= 15 is 0 Å². The van der Waals surface area contributed by atoms with E-state index in [0.29, 0.717) is 19.6 Å². The quantitative estimate of drug-likeness (QED) is 0.612. The highest BCUT2D eigenvalue weighted by atomic mass is 28.3. The maximum absolute atomic E-state index is 12.0. The fourth-order valence-electron chi connectivity index (χ4n) is 1.79. The predicted molar refractivity (Wildman–Crippen MR) is 88.1 cm³/mol. The molecule has 2 atom stereocenters. The summed E-state index contributed by atoms with van der Waals surface area (Å²) in [4.78, 5) is 23.3. The van der Waals surface area contributed by atoms with Crippen LogP contribution in [0.4, 0.5) is 0 Å². The second kappa shape index (κ2) is 7.29. The van der Waals surface area contributed by atoms with Crippen LogP contribution in [0.3, 0.4) is 0 Å². The summed E-state index contributed by atoms with van der Waals surface area (Å²) < 4.78 is 5.15. The minimum atomic E-state index is -1.76. The van der Waals surface area contributed by atoms with Crippen LogP contribution in [-0.4, -0.2) is 44.3 Å². The van der Waals surface area contributed by atoms with E-state index in [2.05, 4.69) is 50.6 Å². The topological polar surface area (TPSA) is 75.6 Å². The van der Waals surface area contributed by atoms with Crippen LogP contribution in [0, 0.1) is 17.4 Å². The van der Waals surface area contributed by atoms with Crippen LogP contribution >= 0.6 is 0 Å². The summed E-state index contributed by atoms with van der Waals surface area (Å²) in [6, 6.07) is -0.953. The van der Waals surface area contributed by atoms with Crippen molar-refractivity contribution in [3.63, 3.8) is 0 Å². The number of hydrogen-bond acceptors (Lipinski definition) is 3. The van der Waals surface area contributed by atoms with Crippen LogP contribution in [-0.2, 0) is 14.3 Å². The first-order valence-electron chi connectivity index (χ1n) is 7.65. The van der Waals surface area contributed by atoms with Crippen molar-refractivity contribution in [2.75, 3.05) is 13.2 Å². The number of hydrogen-bond donors (Lipinski definition) is 2. The van der Waals surface area contributed by atoms with Crippen LogP contribution < -0.4 is 5.32 Å². The van der Waals surface area contributed by atoms with E-state index in [-0.39, 0.29) is 23.3 Å². The molecule has 0 bridgehead atoms. The third kappa shape index (κ3) is 5.15. The molecule has 1 aliphatic rings. The molecular formula is C16H27NO4Si. The van der Waals surface area contributed by atoms with Crippen molar-refractivity contribution in [1.82, 2.24) is 5.32 Å². The van der Waals surface area contributed by atoms with Gasteiger partial charge in [-0.25, -0.2) is 4.79 Å². The van der Waals surface area contributed by atoms with Crippen molar-refractivity contribution in [2.24, 2.45) is 5.92 Å². The molecule has 1 heterocycles. The van der Waals surface area contributed by atoms with Gasteiger partial charge in [-0.2, -0.15) is 0 Å². The first-order valence-corrected chi connectivity index (χ1v) is 10.7. The van der Waals surface area contributed by atoms with E-state index in [9.17, 15) is 14.7 Å². The number of carboxylic acid groups (broad SMARTS) is 1. The average Bonchev–Trinajstić information content (AvgIpc) is 2.89. The molecule has 1 aliphatic heterocycles. The predicted octanol–water partition coefficient (Wildman–Crippen LogP) is 2.03. The first-order chi connectivity index (χ1) is 10.0. The van der Waals surface area contributed by atoms with Crippen LogP contribution in [0.1, 0.15) is 33.6 Å². The van der Waals surface area contributed by atoms with Crippen LogP contribution in [0.15, 0.2) is 0 Å². The van der Waals surface area contributed by atoms with Crippen molar-refractivity contribution in [3.05, 3.63) is 0 Å². The fourth-order valence-corrected chi connectivity index (χ4v) is 2.71. The molecule has 1 amide bonds. The van der Waals surface area contributed by atoms with Crippen molar-refractivity contribution in [1.29, 1.82) is 0 Å². The van der Waals surface area contributed by atoms with Gasteiger partial charge in [0.05, 0.1) is 12.5 Å². The third-order valence-electron chi connectivity index (χ3n) is 4.50. The summed E-state index contributed by atoms with van der Waals surface area (Å²) in [5, 5.41) is 12.0. The minimum Gasteiger partial charge on any atom is -0.480 e. The zero-order chi connectivity index (χ0) is 17.0. The van der Waals surface area contributed by atoms with Crippen LogP contribution in [0.5, 0.6) is 0 Å². The highest BCUT2D eigenvalue weighted by Gasteiger charge is 2.34. The molecular weight excluding hydrogens is 298 g/mol. The summed E-state index contributed by atoms with van der Waals surface area (Å²) in [7, 11) is -1.76. The zero-order valence-electron chi connectivity index (χ0n) is 14.2. The van der Waals surface area contributed by atoms with Crippen molar-refractivity contribution in [3.8, 4) is 11.5 Å². The summed E-state index contributed by atoms with van der Waals surface area (Å²) in [6.45, 7) is 11.7. The van der Waals surface area contributed by atoms with Gasteiger partial charge in [0.2, 0.25) is 5.91 Å². The molecule has 0 radical (unpaired) electrons. The number of ether oxygens (including phenoxy) is 1. The standard InChI is InChI=1S/C16H27NO4Si/c1-16(2,3)22(4,5)10-6-7-13(15(19)20)17-14(18)12-8-9-21-11-12/h12-13H,7-9,11H2,1-5H3,(H,17,18)(H,19,20)/t12-,13+/m1/s1. The Labute approximate surface area is 133 Å². The second-order valence-corrected chi connectivity index (χ2v) is 12.3. The monoisotopic (exact) mass is 325 g/mol. The Morgan fingerprint density at radius 2 is 2.05 bits per heavy atom. The molecule has 1 rings (SSSR count). The molecule has 0 unspecified atom stereocenters. The Morgan fingerprint density at radius 3 is 2.50 bits per heavy atom. The SMILES string of the molecule is CC(C)(C)[Si](C)(C)C#CC[C@H](NC(=O)[C@@H]1CCOC1)C(=O)O. The lowest BCUT2D eigenvalue weighted by atomic mass is 10.1.